The van der Waals surface area contributed by atoms with Crippen molar-refractivity contribution in [3.63, 3.8) is 0 Å². The highest BCUT2D eigenvalue weighted by Gasteiger charge is 2.24. The van der Waals surface area contributed by atoms with Crippen LogP contribution in [0.5, 0.6) is 0 Å². The first kappa shape index (κ1) is 16.9. The lowest BCUT2D eigenvalue weighted by Crippen LogP contribution is -2.02. The molecule has 5 rings (SSSR count). The van der Waals surface area contributed by atoms with Crippen molar-refractivity contribution in [3.05, 3.63) is 66.8 Å². The Balaban J connectivity index is 1.50. The fourth-order valence-electron chi connectivity index (χ4n) is 3.30. The summed E-state index contributed by atoms with van der Waals surface area (Å²) in [5, 5.41) is 2.78. The topological polar surface area (TPSA) is 47.7 Å². The number of rotatable bonds is 5. The van der Waals surface area contributed by atoms with Gasteiger partial charge in [-0.3, -0.25) is 0 Å². The van der Waals surface area contributed by atoms with Crippen LogP contribution in [0.15, 0.2) is 49.3 Å². The standard InChI is InChI=1S/C20H16F3N5/c21-14-7-13(3-4-16(14)27-6-5-24-10-27)26-15-8-17-20(19(23)18(15)22)25-11-28(17)9-12-1-2-12/h3-8,10-12,26H,1-2,9H2. The minimum absolute atomic E-state index is 0.00494. The van der Waals surface area contributed by atoms with Gasteiger partial charge < -0.3 is 14.5 Å². The Hall–Kier alpha value is -3.29. The molecule has 0 unspecified atom stereocenters. The second kappa shape index (κ2) is 6.40. The number of hydrogen-bond acceptors (Lipinski definition) is 3. The maximum Gasteiger partial charge on any atom is 0.188 e. The van der Waals surface area contributed by atoms with Crippen molar-refractivity contribution < 1.29 is 13.2 Å². The van der Waals surface area contributed by atoms with Gasteiger partial charge in [-0.05, 0) is 43.0 Å². The molecule has 2 aromatic heterocycles. The molecule has 142 valence electrons. The van der Waals surface area contributed by atoms with E-state index < -0.39 is 17.5 Å². The minimum atomic E-state index is -1.04. The SMILES string of the molecule is Fc1cc(Nc2cc3c(ncn3CC3CC3)c(F)c2F)ccc1-n1ccnc1. The Kier molecular flexibility index (Phi) is 3.85. The van der Waals surface area contributed by atoms with Gasteiger partial charge in [-0.1, -0.05) is 0 Å². The van der Waals surface area contributed by atoms with Crippen molar-refractivity contribution in [2.24, 2.45) is 5.92 Å². The van der Waals surface area contributed by atoms with Crippen molar-refractivity contribution in [2.75, 3.05) is 5.32 Å². The Morgan fingerprint density at radius 2 is 1.93 bits per heavy atom. The molecule has 1 aliphatic rings. The molecule has 2 aromatic carbocycles. The van der Waals surface area contributed by atoms with E-state index in [1.54, 1.807) is 24.5 Å². The number of fused-ring (bicyclic) bond motifs is 1. The molecule has 0 saturated heterocycles. The fraction of sp³-hybridized carbons (Fsp3) is 0.200. The molecule has 5 nitrogen and oxygen atoms in total. The summed E-state index contributed by atoms with van der Waals surface area (Å²) in [5.41, 5.74) is 1.09. The average molecular weight is 383 g/mol. The molecule has 0 aliphatic heterocycles. The van der Waals surface area contributed by atoms with Crippen molar-refractivity contribution in [1.82, 2.24) is 19.1 Å². The van der Waals surface area contributed by atoms with Crippen LogP contribution in [-0.2, 0) is 6.54 Å². The molecular formula is C20H16F3N5. The number of nitrogens with one attached hydrogen (secondary N) is 1. The average Bonchev–Trinajstić information content (AvgIpc) is 3.16. The molecule has 8 heteroatoms. The quantitative estimate of drug-likeness (QED) is 0.539. The van der Waals surface area contributed by atoms with E-state index in [-0.39, 0.29) is 11.2 Å². The number of halogens is 3. The van der Waals surface area contributed by atoms with Crippen LogP contribution in [0.25, 0.3) is 16.7 Å². The van der Waals surface area contributed by atoms with Crippen LogP contribution in [0.2, 0.25) is 0 Å². The number of hydrogen-bond donors (Lipinski definition) is 1. The lowest BCUT2D eigenvalue weighted by Gasteiger charge is -2.12. The summed E-state index contributed by atoms with van der Waals surface area (Å²) in [5.74, 6) is -2.00. The predicted molar refractivity (Wildman–Crippen MR) is 99.2 cm³/mol. The van der Waals surface area contributed by atoms with E-state index in [1.165, 1.54) is 29.4 Å². The first-order chi connectivity index (χ1) is 13.6. The Morgan fingerprint density at radius 3 is 2.64 bits per heavy atom. The summed E-state index contributed by atoms with van der Waals surface area (Å²) in [4.78, 5) is 7.90. The van der Waals surface area contributed by atoms with Gasteiger partial charge in [0.2, 0.25) is 0 Å². The molecule has 1 fully saturated rings. The van der Waals surface area contributed by atoms with E-state index in [4.69, 9.17) is 0 Å². The molecule has 1 aliphatic carbocycles. The monoisotopic (exact) mass is 383 g/mol. The van der Waals surface area contributed by atoms with Gasteiger partial charge in [-0.15, -0.1) is 0 Å². The molecule has 0 atom stereocenters. The van der Waals surface area contributed by atoms with Crippen LogP contribution in [0.1, 0.15) is 12.8 Å². The Morgan fingerprint density at radius 1 is 1.07 bits per heavy atom. The number of aromatic nitrogens is 4. The summed E-state index contributed by atoms with van der Waals surface area (Å²) in [6.45, 7) is 0.731. The third-order valence-electron chi connectivity index (χ3n) is 4.96. The van der Waals surface area contributed by atoms with Crippen molar-refractivity contribution in [2.45, 2.75) is 19.4 Å². The molecule has 0 radical (unpaired) electrons. The van der Waals surface area contributed by atoms with Gasteiger partial charge in [0.1, 0.15) is 11.3 Å². The fourth-order valence-corrected chi connectivity index (χ4v) is 3.30. The van der Waals surface area contributed by atoms with Gasteiger partial charge in [0.15, 0.2) is 11.6 Å². The Bertz CT molecular complexity index is 1160. The van der Waals surface area contributed by atoms with Crippen molar-refractivity contribution in [1.29, 1.82) is 0 Å². The third-order valence-corrected chi connectivity index (χ3v) is 4.96. The summed E-state index contributed by atoms with van der Waals surface area (Å²) in [7, 11) is 0. The zero-order chi connectivity index (χ0) is 19.3. The summed E-state index contributed by atoms with van der Waals surface area (Å²) >= 11 is 0. The van der Waals surface area contributed by atoms with Crippen molar-refractivity contribution in [3.8, 4) is 5.69 Å². The zero-order valence-electron chi connectivity index (χ0n) is 14.7. The molecule has 28 heavy (non-hydrogen) atoms. The van der Waals surface area contributed by atoms with Gasteiger partial charge in [-0.25, -0.2) is 23.1 Å². The van der Waals surface area contributed by atoms with Crippen molar-refractivity contribution >= 4 is 22.4 Å². The lowest BCUT2D eigenvalue weighted by molar-refractivity contribution is 0.518. The molecule has 2 heterocycles. The Labute approximate surface area is 158 Å². The van der Waals surface area contributed by atoms with Crippen LogP contribution in [0.3, 0.4) is 0 Å². The van der Waals surface area contributed by atoms with E-state index in [0.717, 1.165) is 19.4 Å². The molecule has 0 bridgehead atoms. The van der Waals surface area contributed by atoms with Gasteiger partial charge in [-0.2, -0.15) is 0 Å². The lowest BCUT2D eigenvalue weighted by atomic mass is 10.2. The molecular weight excluding hydrogens is 367 g/mol. The number of anilines is 2. The highest BCUT2D eigenvalue weighted by Crippen LogP contribution is 2.34. The van der Waals surface area contributed by atoms with E-state index in [1.807, 2.05) is 4.57 Å². The van der Waals surface area contributed by atoms with Crippen LogP contribution in [0, 0.1) is 23.4 Å². The van der Waals surface area contributed by atoms with Crippen LogP contribution in [-0.4, -0.2) is 19.1 Å². The maximum atomic E-state index is 14.5. The highest BCUT2D eigenvalue weighted by atomic mass is 19.2. The van der Waals surface area contributed by atoms with E-state index >= 15 is 0 Å². The minimum Gasteiger partial charge on any atom is -0.353 e. The van der Waals surface area contributed by atoms with Gasteiger partial charge >= 0.3 is 0 Å². The normalized spacial score (nSPS) is 14.0. The van der Waals surface area contributed by atoms with E-state index in [0.29, 0.717) is 22.8 Å². The summed E-state index contributed by atoms with van der Waals surface area (Å²) in [6.07, 6.45) is 8.46. The second-order valence-electron chi connectivity index (χ2n) is 7.02. The van der Waals surface area contributed by atoms with Crippen LogP contribution in [0.4, 0.5) is 24.5 Å². The first-order valence-corrected chi connectivity index (χ1v) is 8.98. The smallest absolute Gasteiger partial charge is 0.188 e. The molecule has 1 saturated carbocycles. The molecule has 0 spiro atoms. The van der Waals surface area contributed by atoms with Gasteiger partial charge in [0, 0.05) is 24.6 Å². The summed E-state index contributed by atoms with van der Waals surface area (Å²) in [6, 6.07) is 5.90. The first-order valence-electron chi connectivity index (χ1n) is 8.98. The van der Waals surface area contributed by atoms with E-state index in [2.05, 4.69) is 15.3 Å². The van der Waals surface area contributed by atoms with E-state index in [9.17, 15) is 13.2 Å². The number of nitrogens with zero attached hydrogens (tertiary/aromatic N) is 4. The number of benzene rings is 2. The van der Waals surface area contributed by atoms with Crippen LogP contribution >= 0.6 is 0 Å². The molecule has 4 aromatic rings. The van der Waals surface area contributed by atoms with Crippen LogP contribution < -0.4 is 5.32 Å². The van der Waals surface area contributed by atoms with Gasteiger partial charge in [0.05, 0.1) is 29.5 Å². The second-order valence-corrected chi connectivity index (χ2v) is 7.02. The zero-order valence-corrected chi connectivity index (χ0v) is 14.7. The molecule has 0 amide bonds. The maximum absolute atomic E-state index is 14.5. The highest BCUT2D eigenvalue weighted by molar-refractivity contribution is 5.82. The largest absolute Gasteiger partial charge is 0.353 e. The third kappa shape index (κ3) is 2.90. The molecule has 1 N–H and O–H groups in total. The number of imidazole rings is 2. The van der Waals surface area contributed by atoms with Gasteiger partial charge in [0.25, 0.3) is 0 Å². The summed E-state index contributed by atoms with van der Waals surface area (Å²) < 4.78 is 46.8. The predicted octanol–water partition coefficient (Wildman–Crippen LogP) is 4.79.